The second-order valence-electron chi connectivity index (χ2n) is 5.59. The number of furan rings is 1. The van der Waals surface area contributed by atoms with Gasteiger partial charge in [-0.05, 0) is 24.5 Å². The first kappa shape index (κ1) is 12.2. The lowest BCUT2D eigenvalue weighted by Gasteiger charge is -2.31. The summed E-state index contributed by atoms with van der Waals surface area (Å²) in [7, 11) is 0. The van der Waals surface area contributed by atoms with Crippen molar-refractivity contribution in [2.45, 2.75) is 31.9 Å². The molecule has 1 aliphatic carbocycles. The van der Waals surface area contributed by atoms with Crippen LogP contribution >= 0.6 is 0 Å². The van der Waals surface area contributed by atoms with Gasteiger partial charge in [-0.25, -0.2) is 0 Å². The van der Waals surface area contributed by atoms with Crippen LogP contribution in [0.25, 0.3) is 0 Å². The van der Waals surface area contributed by atoms with Crippen LogP contribution in [0.1, 0.15) is 30.8 Å². The monoisotopic (exact) mass is 250 g/mol. The number of rotatable bonds is 4. The van der Waals surface area contributed by atoms with E-state index in [0.717, 1.165) is 37.9 Å². The zero-order valence-electron chi connectivity index (χ0n) is 11.0. The molecule has 2 N–H and O–H groups in total. The minimum absolute atomic E-state index is 0.177. The van der Waals surface area contributed by atoms with Gasteiger partial charge >= 0.3 is 0 Å². The standard InChI is InChI=1S/C14H22N2O2/c1-10-6-13(10)14-3-2-11(18-14)8-16-4-5-17-12(7-15)9-16/h2-3,10,12-13H,4-9,15H2,1H3. The maximum Gasteiger partial charge on any atom is 0.118 e. The van der Waals surface area contributed by atoms with Crippen LogP contribution in [0.15, 0.2) is 16.5 Å². The van der Waals surface area contributed by atoms with E-state index in [-0.39, 0.29) is 6.10 Å². The molecule has 0 amide bonds. The predicted octanol–water partition coefficient (Wildman–Crippen LogP) is 1.56. The second-order valence-corrected chi connectivity index (χ2v) is 5.59. The molecule has 3 unspecified atom stereocenters. The van der Waals surface area contributed by atoms with Gasteiger partial charge in [-0.3, -0.25) is 4.90 Å². The lowest BCUT2D eigenvalue weighted by Crippen LogP contribution is -2.45. The Balaban J connectivity index is 1.57. The van der Waals surface area contributed by atoms with Crippen molar-refractivity contribution < 1.29 is 9.15 Å². The molecule has 2 heterocycles. The van der Waals surface area contributed by atoms with Crippen molar-refractivity contribution in [2.24, 2.45) is 11.7 Å². The van der Waals surface area contributed by atoms with E-state index < -0.39 is 0 Å². The van der Waals surface area contributed by atoms with Crippen molar-refractivity contribution in [3.05, 3.63) is 23.7 Å². The average Bonchev–Trinajstić information content (AvgIpc) is 2.94. The molecule has 4 nitrogen and oxygen atoms in total. The van der Waals surface area contributed by atoms with Crippen LogP contribution in [0, 0.1) is 5.92 Å². The van der Waals surface area contributed by atoms with Gasteiger partial charge < -0.3 is 14.9 Å². The van der Waals surface area contributed by atoms with Crippen molar-refractivity contribution >= 4 is 0 Å². The third-order valence-corrected chi connectivity index (χ3v) is 4.02. The summed E-state index contributed by atoms with van der Waals surface area (Å²) in [6.07, 6.45) is 1.45. The first-order valence-corrected chi connectivity index (χ1v) is 6.89. The van der Waals surface area contributed by atoms with Crippen molar-refractivity contribution in [1.29, 1.82) is 0 Å². The third-order valence-electron chi connectivity index (χ3n) is 4.02. The molecule has 18 heavy (non-hydrogen) atoms. The first-order valence-electron chi connectivity index (χ1n) is 6.89. The summed E-state index contributed by atoms with van der Waals surface area (Å²) in [5.41, 5.74) is 5.65. The Hall–Kier alpha value is -0.840. The molecule has 1 aromatic rings. The largest absolute Gasteiger partial charge is 0.464 e. The van der Waals surface area contributed by atoms with E-state index in [1.807, 2.05) is 0 Å². The molecular formula is C14H22N2O2. The molecule has 1 aromatic heterocycles. The summed E-state index contributed by atoms with van der Waals surface area (Å²) in [5, 5.41) is 0. The normalized spacial score (nSPS) is 32.7. The van der Waals surface area contributed by atoms with Gasteiger partial charge in [0.25, 0.3) is 0 Å². The van der Waals surface area contributed by atoms with Gasteiger partial charge in [-0.2, -0.15) is 0 Å². The third kappa shape index (κ3) is 2.60. The van der Waals surface area contributed by atoms with Gasteiger partial charge in [0.1, 0.15) is 11.5 Å². The fourth-order valence-corrected chi connectivity index (χ4v) is 2.68. The Labute approximate surface area is 108 Å². The van der Waals surface area contributed by atoms with E-state index in [1.54, 1.807) is 0 Å². The molecule has 100 valence electrons. The summed E-state index contributed by atoms with van der Waals surface area (Å²) < 4.78 is 11.5. The van der Waals surface area contributed by atoms with Crippen LogP contribution in [-0.4, -0.2) is 37.2 Å². The SMILES string of the molecule is CC1CC1c1ccc(CN2CCOC(CN)C2)o1. The van der Waals surface area contributed by atoms with E-state index >= 15 is 0 Å². The summed E-state index contributed by atoms with van der Waals surface area (Å²) in [5.74, 6) is 3.71. The topological polar surface area (TPSA) is 51.6 Å². The van der Waals surface area contributed by atoms with Gasteiger partial charge in [0.2, 0.25) is 0 Å². The van der Waals surface area contributed by atoms with Crippen molar-refractivity contribution in [3.8, 4) is 0 Å². The number of nitrogens with two attached hydrogens (primary N) is 1. The molecule has 4 heteroatoms. The Morgan fingerprint density at radius 2 is 2.28 bits per heavy atom. The van der Waals surface area contributed by atoms with Gasteiger partial charge in [-0.1, -0.05) is 6.92 Å². The van der Waals surface area contributed by atoms with Crippen LogP contribution < -0.4 is 5.73 Å². The van der Waals surface area contributed by atoms with E-state index in [4.69, 9.17) is 14.9 Å². The molecule has 2 fully saturated rings. The molecule has 1 aliphatic heterocycles. The van der Waals surface area contributed by atoms with Crippen molar-refractivity contribution in [1.82, 2.24) is 4.90 Å². The zero-order chi connectivity index (χ0) is 12.5. The molecule has 0 radical (unpaired) electrons. The smallest absolute Gasteiger partial charge is 0.118 e. The fourth-order valence-electron chi connectivity index (χ4n) is 2.68. The number of ether oxygens (including phenoxy) is 1. The van der Waals surface area contributed by atoms with E-state index in [1.165, 1.54) is 12.2 Å². The van der Waals surface area contributed by atoms with Gasteiger partial charge in [0.15, 0.2) is 0 Å². The highest BCUT2D eigenvalue weighted by Crippen LogP contribution is 2.47. The number of hydrogen-bond donors (Lipinski definition) is 1. The summed E-state index contributed by atoms with van der Waals surface area (Å²) in [4.78, 5) is 2.36. The first-order chi connectivity index (χ1) is 8.76. The van der Waals surface area contributed by atoms with E-state index in [2.05, 4.69) is 24.0 Å². The second kappa shape index (κ2) is 5.03. The van der Waals surface area contributed by atoms with Crippen LogP contribution in [-0.2, 0) is 11.3 Å². The van der Waals surface area contributed by atoms with E-state index in [0.29, 0.717) is 12.5 Å². The maximum absolute atomic E-state index is 5.94. The van der Waals surface area contributed by atoms with Gasteiger partial charge in [-0.15, -0.1) is 0 Å². The van der Waals surface area contributed by atoms with Gasteiger partial charge in [0, 0.05) is 25.6 Å². The number of morpholine rings is 1. The Morgan fingerprint density at radius 3 is 3.00 bits per heavy atom. The van der Waals surface area contributed by atoms with Crippen LogP contribution in [0.3, 0.4) is 0 Å². The maximum atomic E-state index is 5.94. The lowest BCUT2D eigenvalue weighted by atomic mass is 10.2. The van der Waals surface area contributed by atoms with Crippen molar-refractivity contribution in [2.75, 3.05) is 26.2 Å². The molecule has 1 saturated carbocycles. The molecule has 0 bridgehead atoms. The fraction of sp³-hybridized carbons (Fsp3) is 0.714. The molecule has 0 spiro atoms. The average molecular weight is 250 g/mol. The van der Waals surface area contributed by atoms with Gasteiger partial charge in [0.05, 0.1) is 19.3 Å². The number of nitrogens with zero attached hydrogens (tertiary/aromatic N) is 1. The molecular weight excluding hydrogens is 228 g/mol. The Morgan fingerprint density at radius 1 is 1.44 bits per heavy atom. The van der Waals surface area contributed by atoms with Crippen LogP contribution in [0.2, 0.25) is 0 Å². The molecule has 3 rings (SSSR count). The highest BCUT2D eigenvalue weighted by atomic mass is 16.5. The van der Waals surface area contributed by atoms with E-state index in [9.17, 15) is 0 Å². The highest BCUT2D eigenvalue weighted by molar-refractivity contribution is 5.17. The summed E-state index contributed by atoms with van der Waals surface area (Å²) >= 11 is 0. The predicted molar refractivity (Wildman–Crippen MR) is 69.3 cm³/mol. The quantitative estimate of drug-likeness (QED) is 0.881. The molecule has 3 atom stereocenters. The summed E-state index contributed by atoms with van der Waals surface area (Å²) in [6.45, 7) is 6.40. The highest BCUT2D eigenvalue weighted by Gasteiger charge is 2.36. The molecule has 1 saturated heterocycles. The van der Waals surface area contributed by atoms with Crippen LogP contribution in [0.5, 0.6) is 0 Å². The summed E-state index contributed by atoms with van der Waals surface area (Å²) in [6, 6.07) is 4.26. The van der Waals surface area contributed by atoms with Crippen LogP contribution in [0.4, 0.5) is 0 Å². The number of hydrogen-bond acceptors (Lipinski definition) is 4. The van der Waals surface area contributed by atoms with Crippen molar-refractivity contribution in [3.63, 3.8) is 0 Å². The minimum atomic E-state index is 0.177. The molecule has 0 aromatic carbocycles. The Kier molecular flexibility index (Phi) is 3.41. The zero-order valence-corrected chi connectivity index (χ0v) is 11.0. The minimum Gasteiger partial charge on any atom is -0.464 e. The Bertz CT molecular complexity index is 404. The molecule has 2 aliphatic rings. The lowest BCUT2D eigenvalue weighted by molar-refractivity contribution is -0.0279.